The first-order valence-corrected chi connectivity index (χ1v) is 7.81. The lowest BCUT2D eigenvalue weighted by Gasteiger charge is -2.21. The molecule has 0 bridgehead atoms. The molecule has 0 atom stereocenters. The molecule has 1 aliphatic rings. The molecule has 18 heavy (non-hydrogen) atoms. The first-order valence-electron chi connectivity index (χ1n) is 5.78. The van der Waals surface area contributed by atoms with Crippen LogP contribution in [0.1, 0.15) is 12.8 Å². The minimum atomic E-state index is -3.41. The van der Waals surface area contributed by atoms with Crippen molar-refractivity contribution in [2.24, 2.45) is 5.92 Å². The van der Waals surface area contributed by atoms with E-state index in [2.05, 4.69) is 0 Å². The molecule has 0 aromatic heterocycles. The fourth-order valence-electron chi connectivity index (χ4n) is 2.06. The van der Waals surface area contributed by atoms with Gasteiger partial charge in [0.25, 0.3) is 0 Å². The van der Waals surface area contributed by atoms with E-state index in [1.165, 1.54) is 18.2 Å². The molecule has 1 fully saturated rings. The first kappa shape index (κ1) is 13.6. The second-order valence-corrected chi connectivity index (χ2v) is 6.86. The normalized spacial score (nSPS) is 17.8. The quantitative estimate of drug-likeness (QED) is 0.927. The summed E-state index contributed by atoms with van der Waals surface area (Å²) in [6, 6.07) is 3.94. The van der Waals surface area contributed by atoms with E-state index in [4.69, 9.17) is 16.3 Å². The smallest absolute Gasteiger partial charge is 0.180 e. The summed E-state index contributed by atoms with van der Waals surface area (Å²) in [4.78, 5) is 0.0912. The summed E-state index contributed by atoms with van der Waals surface area (Å²) in [5.41, 5.74) is 0. The number of halogens is 1. The number of rotatable bonds is 3. The Labute approximate surface area is 111 Å². The van der Waals surface area contributed by atoms with Crippen LogP contribution < -0.4 is 0 Å². The van der Waals surface area contributed by atoms with Crippen molar-refractivity contribution in [3.05, 3.63) is 23.2 Å². The summed E-state index contributed by atoms with van der Waals surface area (Å²) in [7, 11) is -3.41. The van der Waals surface area contributed by atoms with E-state index in [-0.39, 0.29) is 27.3 Å². The highest BCUT2D eigenvalue weighted by Gasteiger charge is 2.25. The maximum Gasteiger partial charge on any atom is 0.180 e. The molecule has 1 aliphatic heterocycles. The van der Waals surface area contributed by atoms with Crippen molar-refractivity contribution in [2.45, 2.75) is 17.7 Å². The largest absolute Gasteiger partial charge is 0.508 e. The van der Waals surface area contributed by atoms with Gasteiger partial charge >= 0.3 is 0 Å². The minimum absolute atomic E-state index is 0.0370. The summed E-state index contributed by atoms with van der Waals surface area (Å²) in [6.07, 6.45) is 1.52. The van der Waals surface area contributed by atoms with Crippen molar-refractivity contribution >= 4 is 21.4 Å². The third-order valence-electron chi connectivity index (χ3n) is 3.05. The number of sulfone groups is 1. The maximum atomic E-state index is 12.2. The molecule has 0 radical (unpaired) electrons. The van der Waals surface area contributed by atoms with Crippen molar-refractivity contribution in [2.75, 3.05) is 19.0 Å². The lowest BCUT2D eigenvalue weighted by atomic mass is 10.0. The van der Waals surface area contributed by atoms with Gasteiger partial charge in [-0.2, -0.15) is 0 Å². The van der Waals surface area contributed by atoms with Gasteiger partial charge < -0.3 is 9.84 Å². The Kier molecular flexibility index (Phi) is 4.14. The summed E-state index contributed by atoms with van der Waals surface area (Å²) in [5, 5.41) is 9.30. The number of phenols is 1. The second-order valence-electron chi connectivity index (χ2n) is 4.45. The van der Waals surface area contributed by atoms with Gasteiger partial charge in [0.1, 0.15) is 5.75 Å². The maximum absolute atomic E-state index is 12.2. The van der Waals surface area contributed by atoms with Crippen LogP contribution in [0.15, 0.2) is 23.1 Å². The highest BCUT2D eigenvalue weighted by atomic mass is 35.5. The molecule has 6 heteroatoms. The number of benzene rings is 1. The summed E-state index contributed by atoms with van der Waals surface area (Å²) in [6.45, 7) is 1.23. The fraction of sp³-hybridized carbons (Fsp3) is 0.500. The van der Waals surface area contributed by atoms with Crippen LogP contribution in [-0.2, 0) is 14.6 Å². The lowest BCUT2D eigenvalue weighted by molar-refractivity contribution is 0.0723. The molecule has 1 aromatic rings. The van der Waals surface area contributed by atoms with Gasteiger partial charge in [-0.3, -0.25) is 0 Å². The Hall–Kier alpha value is -0.780. The van der Waals surface area contributed by atoms with E-state index < -0.39 is 9.84 Å². The van der Waals surface area contributed by atoms with E-state index in [9.17, 15) is 13.5 Å². The van der Waals surface area contributed by atoms with Gasteiger partial charge in [-0.25, -0.2) is 8.42 Å². The average Bonchev–Trinajstić information content (AvgIpc) is 2.29. The minimum Gasteiger partial charge on any atom is -0.508 e. The van der Waals surface area contributed by atoms with Gasteiger partial charge in [-0.1, -0.05) is 11.6 Å². The Balaban J connectivity index is 2.19. The number of hydrogen-bond acceptors (Lipinski definition) is 4. The highest BCUT2D eigenvalue weighted by molar-refractivity contribution is 7.91. The van der Waals surface area contributed by atoms with Gasteiger partial charge in [0.05, 0.1) is 15.7 Å². The van der Waals surface area contributed by atoms with Crippen molar-refractivity contribution in [3.8, 4) is 5.75 Å². The predicted octanol–water partition coefficient (Wildman–Crippen LogP) is 2.25. The van der Waals surface area contributed by atoms with E-state index in [0.29, 0.717) is 13.2 Å². The van der Waals surface area contributed by atoms with E-state index >= 15 is 0 Å². The van der Waals surface area contributed by atoms with E-state index in [0.717, 1.165) is 12.8 Å². The van der Waals surface area contributed by atoms with Gasteiger partial charge in [0.15, 0.2) is 9.84 Å². The zero-order valence-corrected chi connectivity index (χ0v) is 11.4. The second kappa shape index (κ2) is 5.47. The zero-order chi connectivity index (χ0) is 13.2. The van der Waals surface area contributed by atoms with Crippen LogP contribution in [0, 0.1) is 5.92 Å². The molecule has 0 amide bonds. The Bertz CT molecular complexity index is 521. The van der Waals surface area contributed by atoms with Crippen LogP contribution in [-0.4, -0.2) is 32.5 Å². The molecule has 0 aliphatic carbocycles. The average molecular weight is 291 g/mol. The van der Waals surface area contributed by atoms with Crippen LogP contribution in [0.2, 0.25) is 5.02 Å². The van der Waals surface area contributed by atoms with Gasteiger partial charge in [-0.05, 0) is 37.0 Å². The first-order chi connectivity index (χ1) is 8.49. The third kappa shape index (κ3) is 3.16. The molecule has 1 saturated heterocycles. The predicted molar refractivity (Wildman–Crippen MR) is 68.7 cm³/mol. The topological polar surface area (TPSA) is 63.6 Å². The van der Waals surface area contributed by atoms with Gasteiger partial charge in [0.2, 0.25) is 0 Å². The standard InChI is InChI=1S/C12H15ClO4S/c13-11-7-10(14)1-2-12(11)18(15,16)8-9-3-5-17-6-4-9/h1-2,7,9,14H,3-6,8H2. The molecule has 0 unspecified atom stereocenters. The van der Waals surface area contributed by atoms with Gasteiger partial charge in [-0.15, -0.1) is 0 Å². The third-order valence-corrected chi connectivity index (χ3v) is 5.41. The molecule has 1 N–H and O–H groups in total. The molecular formula is C12H15ClO4S. The zero-order valence-electron chi connectivity index (χ0n) is 9.80. The molecule has 0 saturated carbocycles. The fourth-order valence-corrected chi connectivity index (χ4v) is 4.35. The number of phenolic OH excluding ortho intramolecular Hbond substituents is 1. The highest BCUT2D eigenvalue weighted by Crippen LogP contribution is 2.28. The Morgan fingerprint density at radius 1 is 1.33 bits per heavy atom. The summed E-state index contributed by atoms with van der Waals surface area (Å²) in [5.74, 6) is 0.166. The van der Waals surface area contributed by atoms with E-state index in [1.807, 2.05) is 0 Å². The number of ether oxygens (including phenoxy) is 1. The molecular weight excluding hydrogens is 276 g/mol. The van der Waals surface area contributed by atoms with Crippen molar-refractivity contribution in [1.29, 1.82) is 0 Å². The Morgan fingerprint density at radius 3 is 2.61 bits per heavy atom. The molecule has 2 rings (SSSR count). The van der Waals surface area contributed by atoms with Crippen LogP contribution in [0.3, 0.4) is 0 Å². The van der Waals surface area contributed by atoms with Crippen LogP contribution in [0.25, 0.3) is 0 Å². The summed E-state index contributed by atoms with van der Waals surface area (Å²) < 4.78 is 29.7. The van der Waals surface area contributed by atoms with E-state index in [1.54, 1.807) is 0 Å². The van der Waals surface area contributed by atoms with Crippen LogP contribution >= 0.6 is 11.6 Å². The molecule has 1 heterocycles. The molecule has 100 valence electrons. The lowest BCUT2D eigenvalue weighted by Crippen LogP contribution is -2.23. The summed E-state index contributed by atoms with van der Waals surface area (Å²) >= 11 is 5.87. The van der Waals surface area contributed by atoms with Crippen LogP contribution in [0.5, 0.6) is 5.75 Å². The molecule has 4 nitrogen and oxygen atoms in total. The Morgan fingerprint density at radius 2 is 2.00 bits per heavy atom. The molecule has 0 spiro atoms. The molecule has 1 aromatic carbocycles. The van der Waals surface area contributed by atoms with Gasteiger partial charge in [0, 0.05) is 13.2 Å². The number of aromatic hydroxyl groups is 1. The number of hydrogen-bond donors (Lipinski definition) is 1. The van der Waals surface area contributed by atoms with Crippen LogP contribution in [0.4, 0.5) is 0 Å². The monoisotopic (exact) mass is 290 g/mol. The van der Waals surface area contributed by atoms with Crippen molar-refractivity contribution in [1.82, 2.24) is 0 Å². The van der Waals surface area contributed by atoms with Crippen molar-refractivity contribution < 1.29 is 18.3 Å². The van der Waals surface area contributed by atoms with Crippen molar-refractivity contribution in [3.63, 3.8) is 0 Å². The SMILES string of the molecule is O=S(=O)(CC1CCOCC1)c1ccc(O)cc1Cl.